The zero-order valence-electron chi connectivity index (χ0n) is 16.2. The number of aromatic nitrogens is 1. The standard InChI is InChI=1S/C24H22N2O3/c1-2-26-21-11-7-6-10-18(21)19-14-17(15-20(22(19)26)23(25)27)24(28)29-13-12-16-8-4-3-5-9-16/h3-11,14-15H,2,12-13H2,1H3,(H2,25,27). The first-order chi connectivity index (χ1) is 14.1. The van der Waals surface area contributed by atoms with Crippen molar-refractivity contribution in [3.05, 3.63) is 83.4 Å². The fourth-order valence-corrected chi connectivity index (χ4v) is 3.81. The Bertz CT molecular complexity index is 1210. The van der Waals surface area contributed by atoms with Crippen molar-refractivity contribution >= 4 is 33.7 Å². The Labute approximate surface area is 168 Å². The lowest BCUT2D eigenvalue weighted by Crippen LogP contribution is -2.15. The summed E-state index contributed by atoms with van der Waals surface area (Å²) in [5.41, 5.74) is 9.18. The van der Waals surface area contributed by atoms with E-state index >= 15 is 0 Å². The van der Waals surface area contributed by atoms with E-state index in [0.717, 1.165) is 27.4 Å². The molecule has 0 saturated heterocycles. The van der Waals surface area contributed by atoms with Gasteiger partial charge in [0.2, 0.25) is 0 Å². The Kier molecular flexibility index (Phi) is 5.04. The predicted octanol–water partition coefficient (Wildman–Crippen LogP) is 4.31. The molecular weight excluding hydrogens is 364 g/mol. The van der Waals surface area contributed by atoms with Crippen LogP contribution in [0.25, 0.3) is 21.8 Å². The number of benzene rings is 3. The number of carbonyl (C=O) groups is 2. The van der Waals surface area contributed by atoms with Crippen LogP contribution in [-0.2, 0) is 17.7 Å². The minimum Gasteiger partial charge on any atom is -0.462 e. The molecule has 0 aliphatic rings. The molecule has 0 unspecified atom stereocenters. The monoisotopic (exact) mass is 386 g/mol. The fraction of sp³-hybridized carbons (Fsp3) is 0.167. The third-order valence-corrected chi connectivity index (χ3v) is 5.15. The van der Waals surface area contributed by atoms with E-state index < -0.39 is 11.9 Å². The number of amides is 1. The Balaban J connectivity index is 1.72. The van der Waals surface area contributed by atoms with E-state index in [9.17, 15) is 9.59 Å². The van der Waals surface area contributed by atoms with Gasteiger partial charge in [-0.2, -0.15) is 0 Å². The number of rotatable bonds is 6. The van der Waals surface area contributed by atoms with Crippen LogP contribution in [0.2, 0.25) is 0 Å². The van der Waals surface area contributed by atoms with Gasteiger partial charge in [-0.25, -0.2) is 4.79 Å². The lowest BCUT2D eigenvalue weighted by molar-refractivity contribution is 0.0509. The number of para-hydroxylation sites is 1. The second-order valence-electron chi connectivity index (χ2n) is 6.92. The van der Waals surface area contributed by atoms with Crippen LogP contribution in [0.3, 0.4) is 0 Å². The number of hydrogen-bond acceptors (Lipinski definition) is 3. The molecule has 1 heterocycles. The van der Waals surface area contributed by atoms with Crippen LogP contribution in [0.1, 0.15) is 33.2 Å². The van der Waals surface area contributed by atoms with Crippen LogP contribution in [0, 0.1) is 0 Å². The normalized spacial score (nSPS) is 11.1. The molecule has 1 aromatic heterocycles. The largest absolute Gasteiger partial charge is 0.462 e. The highest BCUT2D eigenvalue weighted by atomic mass is 16.5. The van der Waals surface area contributed by atoms with Gasteiger partial charge in [0.15, 0.2) is 0 Å². The van der Waals surface area contributed by atoms with Crippen LogP contribution in [0.4, 0.5) is 0 Å². The highest BCUT2D eigenvalue weighted by molar-refractivity contribution is 6.17. The number of nitrogens with zero attached hydrogens (tertiary/aromatic N) is 1. The van der Waals surface area contributed by atoms with E-state index in [1.165, 1.54) is 0 Å². The topological polar surface area (TPSA) is 74.3 Å². The molecule has 1 amide bonds. The average Bonchev–Trinajstić information content (AvgIpc) is 3.07. The predicted molar refractivity (Wildman–Crippen MR) is 114 cm³/mol. The first-order valence-electron chi connectivity index (χ1n) is 9.66. The molecule has 4 aromatic rings. The van der Waals surface area contributed by atoms with Crippen LogP contribution in [0.5, 0.6) is 0 Å². The van der Waals surface area contributed by atoms with Gasteiger partial charge in [-0.3, -0.25) is 4.79 Å². The van der Waals surface area contributed by atoms with E-state index in [1.807, 2.05) is 61.5 Å². The molecular formula is C24H22N2O3. The van der Waals surface area contributed by atoms with Gasteiger partial charge in [-0.15, -0.1) is 0 Å². The van der Waals surface area contributed by atoms with Gasteiger partial charge in [0, 0.05) is 29.3 Å². The molecule has 0 spiro atoms. The molecule has 0 bridgehead atoms. The highest BCUT2D eigenvalue weighted by Crippen LogP contribution is 2.32. The van der Waals surface area contributed by atoms with Gasteiger partial charge in [0.05, 0.1) is 23.3 Å². The summed E-state index contributed by atoms with van der Waals surface area (Å²) in [5, 5.41) is 1.81. The number of nitrogens with two attached hydrogens (primary N) is 1. The summed E-state index contributed by atoms with van der Waals surface area (Å²) < 4.78 is 7.51. The van der Waals surface area contributed by atoms with E-state index in [-0.39, 0.29) is 6.61 Å². The lowest BCUT2D eigenvalue weighted by Gasteiger charge is -2.09. The van der Waals surface area contributed by atoms with Crippen molar-refractivity contribution in [3.8, 4) is 0 Å². The van der Waals surface area contributed by atoms with E-state index in [2.05, 4.69) is 4.57 Å². The number of carbonyl (C=O) groups excluding carboxylic acids is 2. The van der Waals surface area contributed by atoms with Crippen molar-refractivity contribution in [2.45, 2.75) is 19.9 Å². The number of primary amides is 1. The fourth-order valence-electron chi connectivity index (χ4n) is 3.81. The Morgan fingerprint density at radius 3 is 2.41 bits per heavy atom. The van der Waals surface area contributed by atoms with Gasteiger partial charge >= 0.3 is 5.97 Å². The summed E-state index contributed by atoms with van der Waals surface area (Å²) in [6.07, 6.45) is 0.632. The third kappa shape index (κ3) is 3.47. The first-order valence-corrected chi connectivity index (χ1v) is 9.66. The Morgan fingerprint density at radius 1 is 0.966 bits per heavy atom. The van der Waals surface area contributed by atoms with Crippen molar-refractivity contribution in [2.24, 2.45) is 5.73 Å². The second kappa shape index (κ2) is 7.80. The first kappa shape index (κ1) is 18.7. The molecule has 0 aliphatic carbocycles. The molecule has 2 N–H and O–H groups in total. The summed E-state index contributed by atoms with van der Waals surface area (Å²) in [6.45, 7) is 2.97. The van der Waals surface area contributed by atoms with Gasteiger partial charge in [-0.05, 0) is 30.7 Å². The summed E-state index contributed by atoms with van der Waals surface area (Å²) >= 11 is 0. The molecule has 146 valence electrons. The number of hydrogen-bond donors (Lipinski definition) is 1. The van der Waals surface area contributed by atoms with E-state index in [0.29, 0.717) is 24.1 Å². The zero-order valence-corrected chi connectivity index (χ0v) is 16.2. The quantitative estimate of drug-likeness (QED) is 0.502. The van der Waals surface area contributed by atoms with Crippen LogP contribution in [-0.4, -0.2) is 23.1 Å². The zero-order chi connectivity index (χ0) is 20.4. The summed E-state index contributed by atoms with van der Waals surface area (Å²) in [7, 11) is 0. The molecule has 5 heteroatoms. The molecule has 0 radical (unpaired) electrons. The van der Waals surface area contributed by atoms with Gasteiger partial charge < -0.3 is 15.0 Å². The Hall–Kier alpha value is -3.60. The van der Waals surface area contributed by atoms with E-state index in [1.54, 1.807) is 12.1 Å². The Morgan fingerprint density at radius 2 is 1.69 bits per heavy atom. The van der Waals surface area contributed by atoms with Crippen LogP contribution >= 0.6 is 0 Å². The molecule has 4 rings (SSSR count). The number of fused-ring (bicyclic) bond motifs is 3. The average molecular weight is 386 g/mol. The number of esters is 1. The summed E-state index contributed by atoms with van der Waals surface area (Å²) in [6, 6.07) is 21.1. The molecule has 3 aromatic carbocycles. The number of ether oxygens (including phenoxy) is 1. The highest BCUT2D eigenvalue weighted by Gasteiger charge is 2.20. The maximum absolute atomic E-state index is 12.7. The lowest BCUT2D eigenvalue weighted by atomic mass is 10.0. The smallest absolute Gasteiger partial charge is 0.338 e. The van der Waals surface area contributed by atoms with Gasteiger partial charge in [0.1, 0.15) is 0 Å². The summed E-state index contributed by atoms with van der Waals surface area (Å²) in [4.78, 5) is 24.9. The van der Waals surface area contributed by atoms with Crippen molar-refractivity contribution in [3.63, 3.8) is 0 Å². The minimum absolute atomic E-state index is 0.267. The molecule has 0 saturated carbocycles. The molecule has 0 atom stereocenters. The maximum Gasteiger partial charge on any atom is 0.338 e. The maximum atomic E-state index is 12.7. The van der Waals surface area contributed by atoms with Crippen molar-refractivity contribution in [1.29, 1.82) is 0 Å². The van der Waals surface area contributed by atoms with Gasteiger partial charge in [-0.1, -0.05) is 48.5 Å². The van der Waals surface area contributed by atoms with Crippen molar-refractivity contribution < 1.29 is 14.3 Å². The SMILES string of the molecule is CCn1c2ccccc2c2cc(C(=O)OCCc3ccccc3)cc(C(N)=O)c21. The summed E-state index contributed by atoms with van der Waals surface area (Å²) in [5.74, 6) is -1.02. The molecule has 0 aliphatic heterocycles. The molecule has 0 fully saturated rings. The minimum atomic E-state index is -0.563. The molecule has 5 nitrogen and oxygen atoms in total. The van der Waals surface area contributed by atoms with Crippen LogP contribution in [0.15, 0.2) is 66.7 Å². The van der Waals surface area contributed by atoms with Crippen molar-refractivity contribution in [1.82, 2.24) is 4.57 Å². The van der Waals surface area contributed by atoms with E-state index in [4.69, 9.17) is 10.5 Å². The number of aryl methyl sites for hydroxylation is 1. The molecule has 29 heavy (non-hydrogen) atoms. The van der Waals surface area contributed by atoms with Crippen molar-refractivity contribution in [2.75, 3.05) is 6.61 Å². The third-order valence-electron chi connectivity index (χ3n) is 5.15. The van der Waals surface area contributed by atoms with Crippen LogP contribution < -0.4 is 5.73 Å². The second-order valence-corrected chi connectivity index (χ2v) is 6.92. The van der Waals surface area contributed by atoms with Gasteiger partial charge in [0.25, 0.3) is 5.91 Å².